The summed E-state index contributed by atoms with van der Waals surface area (Å²) in [4.78, 5) is 16.7. The van der Waals surface area contributed by atoms with E-state index in [9.17, 15) is 4.79 Å². The van der Waals surface area contributed by atoms with Crippen LogP contribution in [0.1, 0.15) is 31.1 Å². The zero-order valence-corrected chi connectivity index (χ0v) is 11.2. The van der Waals surface area contributed by atoms with Crippen LogP contribution in [0.5, 0.6) is 0 Å². The third-order valence-electron chi connectivity index (χ3n) is 1.56. The van der Waals surface area contributed by atoms with Gasteiger partial charge in [-0.15, -0.1) is 0 Å². The van der Waals surface area contributed by atoms with Gasteiger partial charge in [0.2, 0.25) is 0 Å². The van der Waals surface area contributed by atoms with Crippen molar-refractivity contribution < 1.29 is 9.63 Å². The van der Waals surface area contributed by atoms with Crippen LogP contribution in [0.3, 0.4) is 0 Å². The molecule has 0 spiro atoms. The molecule has 0 bridgehead atoms. The minimum Gasteiger partial charge on any atom is -0.268 e. The Morgan fingerprint density at radius 2 is 1.80 bits per heavy atom. The van der Waals surface area contributed by atoms with Crippen LogP contribution in [-0.4, -0.2) is 11.5 Å². The van der Waals surface area contributed by atoms with E-state index in [-0.39, 0.29) is 11.5 Å². The number of carbonyl (C=O) groups is 1. The van der Waals surface area contributed by atoms with Gasteiger partial charge in [0.05, 0.1) is 5.60 Å². The van der Waals surface area contributed by atoms with Crippen LogP contribution < -0.4 is 5.48 Å². The largest absolute Gasteiger partial charge is 0.274 e. The normalized spacial score (nSPS) is 11.2. The first-order chi connectivity index (χ1) is 6.88. The Labute approximate surface area is 103 Å². The minimum atomic E-state index is -0.376. The molecule has 0 atom stereocenters. The molecule has 1 N–H and O–H groups in total. The first kappa shape index (κ1) is 12.4. The van der Waals surface area contributed by atoms with E-state index in [1.165, 1.54) is 0 Å². The third kappa shape index (κ3) is 4.61. The van der Waals surface area contributed by atoms with Crippen LogP contribution in [-0.2, 0) is 4.84 Å². The topological polar surface area (TPSA) is 38.3 Å². The van der Waals surface area contributed by atoms with E-state index >= 15 is 0 Å². The number of rotatable bonds is 2. The monoisotopic (exact) mass is 319 g/mol. The second kappa shape index (κ2) is 4.94. The van der Waals surface area contributed by atoms with Gasteiger partial charge in [-0.05, 0) is 67.6 Å². The molecule has 1 aromatic rings. The Morgan fingerprint density at radius 3 is 2.27 bits per heavy atom. The molecule has 0 unspecified atom stereocenters. The summed E-state index contributed by atoms with van der Waals surface area (Å²) in [5.74, 6) is -0.221. The van der Waals surface area contributed by atoms with Crippen LogP contribution in [0, 0.1) is 3.57 Å². The molecule has 0 heterocycles. The predicted octanol–water partition coefficient (Wildman–Crippen LogP) is 2.75. The van der Waals surface area contributed by atoms with E-state index in [1.807, 2.05) is 32.9 Å². The first-order valence-electron chi connectivity index (χ1n) is 4.62. The van der Waals surface area contributed by atoms with Crippen molar-refractivity contribution in [2.24, 2.45) is 0 Å². The molecule has 3 nitrogen and oxygen atoms in total. The molecular weight excluding hydrogens is 305 g/mol. The Bertz CT molecular complexity index is 341. The standard InChI is InChI=1S/C11H14INO2/c1-11(2,3)15-13-10(14)8-4-6-9(12)7-5-8/h4-7H,1-3H3,(H,13,14). The van der Waals surface area contributed by atoms with Gasteiger partial charge in [-0.25, -0.2) is 5.48 Å². The summed E-state index contributed by atoms with van der Waals surface area (Å²) >= 11 is 2.19. The zero-order valence-electron chi connectivity index (χ0n) is 9.00. The van der Waals surface area contributed by atoms with Crippen molar-refractivity contribution in [2.75, 3.05) is 0 Å². The molecule has 1 amide bonds. The molecule has 0 radical (unpaired) electrons. The van der Waals surface area contributed by atoms with Crippen LogP contribution in [0.25, 0.3) is 0 Å². The third-order valence-corrected chi connectivity index (χ3v) is 2.28. The average molecular weight is 319 g/mol. The summed E-state index contributed by atoms with van der Waals surface area (Å²) in [6.07, 6.45) is 0. The Morgan fingerprint density at radius 1 is 1.27 bits per heavy atom. The Balaban J connectivity index is 2.58. The van der Waals surface area contributed by atoms with Gasteiger partial charge in [0.25, 0.3) is 5.91 Å². The van der Waals surface area contributed by atoms with Gasteiger partial charge in [-0.2, -0.15) is 0 Å². The molecule has 0 fully saturated rings. The SMILES string of the molecule is CC(C)(C)ONC(=O)c1ccc(I)cc1. The number of halogens is 1. The van der Waals surface area contributed by atoms with Crippen LogP contribution in [0.15, 0.2) is 24.3 Å². The van der Waals surface area contributed by atoms with E-state index < -0.39 is 0 Å². The van der Waals surface area contributed by atoms with Crippen molar-refractivity contribution >= 4 is 28.5 Å². The summed E-state index contributed by atoms with van der Waals surface area (Å²) < 4.78 is 1.10. The van der Waals surface area contributed by atoms with E-state index in [2.05, 4.69) is 28.1 Å². The highest BCUT2D eigenvalue weighted by Gasteiger charge is 2.13. The van der Waals surface area contributed by atoms with Crippen molar-refractivity contribution in [3.63, 3.8) is 0 Å². The summed E-state index contributed by atoms with van der Waals surface area (Å²) in [6.45, 7) is 5.63. The zero-order chi connectivity index (χ0) is 11.5. The minimum absolute atomic E-state index is 0.221. The smallest absolute Gasteiger partial charge is 0.268 e. The second-order valence-electron chi connectivity index (χ2n) is 4.15. The molecule has 1 aromatic carbocycles. The molecule has 0 saturated carbocycles. The van der Waals surface area contributed by atoms with Gasteiger partial charge in [-0.1, -0.05) is 0 Å². The highest BCUT2D eigenvalue weighted by molar-refractivity contribution is 14.1. The van der Waals surface area contributed by atoms with Crippen molar-refractivity contribution in [3.8, 4) is 0 Å². The fraction of sp³-hybridized carbons (Fsp3) is 0.364. The van der Waals surface area contributed by atoms with Gasteiger partial charge in [-0.3, -0.25) is 9.63 Å². The number of benzene rings is 1. The summed E-state index contributed by atoms with van der Waals surface area (Å²) in [5, 5.41) is 0. The van der Waals surface area contributed by atoms with Crippen molar-refractivity contribution in [1.29, 1.82) is 0 Å². The van der Waals surface area contributed by atoms with Crippen molar-refractivity contribution in [2.45, 2.75) is 26.4 Å². The lowest BCUT2D eigenvalue weighted by atomic mass is 10.2. The molecule has 0 saturated heterocycles. The quantitative estimate of drug-likeness (QED) is 0.672. The molecule has 0 aliphatic heterocycles. The Hall–Kier alpha value is -0.620. The summed E-state index contributed by atoms with van der Waals surface area (Å²) in [6, 6.07) is 7.30. The fourth-order valence-corrected chi connectivity index (χ4v) is 1.22. The lowest BCUT2D eigenvalue weighted by Crippen LogP contribution is -2.33. The highest BCUT2D eigenvalue weighted by atomic mass is 127. The highest BCUT2D eigenvalue weighted by Crippen LogP contribution is 2.08. The van der Waals surface area contributed by atoms with Crippen molar-refractivity contribution in [1.82, 2.24) is 5.48 Å². The molecular formula is C11H14INO2. The maximum absolute atomic E-state index is 11.6. The molecule has 15 heavy (non-hydrogen) atoms. The predicted molar refractivity (Wildman–Crippen MR) is 67.5 cm³/mol. The average Bonchev–Trinajstić information content (AvgIpc) is 2.14. The maximum atomic E-state index is 11.6. The molecule has 0 aliphatic rings. The van der Waals surface area contributed by atoms with Gasteiger partial charge >= 0.3 is 0 Å². The summed E-state index contributed by atoms with van der Waals surface area (Å²) in [7, 11) is 0. The van der Waals surface area contributed by atoms with E-state index in [0.29, 0.717) is 5.56 Å². The lowest BCUT2D eigenvalue weighted by molar-refractivity contribution is -0.0589. The second-order valence-corrected chi connectivity index (χ2v) is 5.40. The maximum Gasteiger partial charge on any atom is 0.274 e. The molecule has 1 rings (SSSR count). The molecule has 0 aliphatic carbocycles. The number of carbonyl (C=O) groups excluding carboxylic acids is 1. The number of amides is 1. The Kier molecular flexibility index (Phi) is 4.10. The van der Waals surface area contributed by atoms with Crippen LogP contribution in [0.2, 0.25) is 0 Å². The van der Waals surface area contributed by atoms with Gasteiger partial charge in [0.1, 0.15) is 0 Å². The molecule has 82 valence electrons. The van der Waals surface area contributed by atoms with Gasteiger partial charge in [0, 0.05) is 9.13 Å². The van der Waals surface area contributed by atoms with Crippen LogP contribution in [0.4, 0.5) is 0 Å². The number of nitrogens with one attached hydrogen (secondary N) is 1. The summed E-state index contributed by atoms with van der Waals surface area (Å²) in [5.41, 5.74) is 2.64. The van der Waals surface area contributed by atoms with E-state index in [4.69, 9.17) is 4.84 Å². The molecule has 4 heteroatoms. The fourth-order valence-electron chi connectivity index (χ4n) is 0.860. The lowest BCUT2D eigenvalue weighted by Gasteiger charge is -2.18. The van der Waals surface area contributed by atoms with E-state index in [1.54, 1.807) is 12.1 Å². The van der Waals surface area contributed by atoms with Gasteiger partial charge < -0.3 is 0 Å². The van der Waals surface area contributed by atoms with Gasteiger partial charge in [0.15, 0.2) is 0 Å². The number of hydroxylamine groups is 1. The molecule has 0 aromatic heterocycles. The first-order valence-corrected chi connectivity index (χ1v) is 5.70. The van der Waals surface area contributed by atoms with Crippen LogP contribution >= 0.6 is 22.6 Å². The number of hydrogen-bond acceptors (Lipinski definition) is 2. The number of hydrogen-bond donors (Lipinski definition) is 1. The van der Waals surface area contributed by atoms with Crippen molar-refractivity contribution in [3.05, 3.63) is 33.4 Å². The van der Waals surface area contributed by atoms with E-state index in [0.717, 1.165) is 3.57 Å².